The highest BCUT2D eigenvalue weighted by Crippen LogP contribution is 2.38. The lowest BCUT2D eigenvalue weighted by Gasteiger charge is -2.33. The van der Waals surface area contributed by atoms with Crippen molar-refractivity contribution >= 4 is 11.8 Å². The second-order valence-corrected chi connectivity index (χ2v) is 4.85. The Morgan fingerprint density at radius 3 is 2.60 bits per heavy atom. The molecule has 1 fully saturated rings. The van der Waals surface area contributed by atoms with Crippen molar-refractivity contribution in [3.8, 4) is 0 Å². The summed E-state index contributed by atoms with van der Waals surface area (Å²) in [5, 5.41) is 0. The molecule has 1 aliphatic carbocycles. The number of ketones is 1. The zero-order valence-electron chi connectivity index (χ0n) is 11.4. The van der Waals surface area contributed by atoms with Gasteiger partial charge in [-0.1, -0.05) is 6.42 Å². The second kappa shape index (κ2) is 7.06. The molecular formula is C13H19F3O4. The minimum absolute atomic E-state index is 0.0548. The van der Waals surface area contributed by atoms with Crippen LogP contribution in [-0.4, -0.2) is 37.7 Å². The molecule has 0 amide bonds. The van der Waals surface area contributed by atoms with Crippen molar-refractivity contribution in [2.24, 2.45) is 5.41 Å². The average Bonchev–Trinajstić information content (AvgIpc) is 2.36. The summed E-state index contributed by atoms with van der Waals surface area (Å²) >= 11 is 0. The van der Waals surface area contributed by atoms with E-state index in [0.717, 1.165) is 0 Å². The maximum absolute atomic E-state index is 12.0. The Labute approximate surface area is 115 Å². The highest BCUT2D eigenvalue weighted by atomic mass is 19.4. The number of hydrogen-bond donors (Lipinski definition) is 0. The number of carbonyl (C=O) groups is 2. The van der Waals surface area contributed by atoms with Crippen molar-refractivity contribution in [1.82, 2.24) is 0 Å². The third-order valence-corrected chi connectivity index (χ3v) is 3.40. The Morgan fingerprint density at radius 1 is 1.35 bits per heavy atom. The molecule has 1 atom stereocenters. The molecule has 0 N–H and O–H groups in total. The fourth-order valence-electron chi connectivity index (χ4n) is 2.38. The molecular weight excluding hydrogens is 277 g/mol. The van der Waals surface area contributed by atoms with Crippen LogP contribution in [0.15, 0.2) is 0 Å². The number of ether oxygens (including phenoxy) is 2. The number of rotatable bonds is 6. The summed E-state index contributed by atoms with van der Waals surface area (Å²) in [7, 11) is 0. The van der Waals surface area contributed by atoms with E-state index in [0.29, 0.717) is 19.3 Å². The van der Waals surface area contributed by atoms with Crippen molar-refractivity contribution in [3.05, 3.63) is 0 Å². The monoisotopic (exact) mass is 296 g/mol. The lowest BCUT2D eigenvalue weighted by molar-refractivity contribution is -0.178. The maximum Gasteiger partial charge on any atom is 0.411 e. The highest BCUT2D eigenvalue weighted by Gasteiger charge is 2.47. The zero-order chi connectivity index (χ0) is 15.2. The highest BCUT2D eigenvalue weighted by molar-refractivity contribution is 6.04. The Kier molecular flexibility index (Phi) is 5.98. The predicted molar refractivity (Wildman–Crippen MR) is 64.0 cm³/mol. The SMILES string of the molecule is CCOC(=O)C1(CCOCC(F)(F)F)CCCCC1=O. The van der Waals surface area contributed by atoms with Crippen molar-refractivity contribution in [1.29, 1.82) is 0 Å². The number of esters is 1. The van der Waals surface area contributed by atoms with E-state index in [1.807, 2.05) is 0 Å². The summed E-state index contributed by atoms with van der Waals surface area (Å²) in [6, 6.07) is 0. The molecule has 20 heavy (non-hydrogen) atoms. The third kappa shape index (κ3) is 4.47. The summed E-state index contributed by atoms with van der Waals surface area (Å²) in [6.45, 7) is 0.0977. The van der Waals surface area contributed by atoms with Gasteiger partial charge >= 0.3 is 12.1 Å². The zero-order valence-corrected chi connectivity index (χ0v) is 11.4. The molecule has 1 saturated carbocycles. The fraction of sp³-hybridized carbons (Fsp3) is 0.846. The molecule has 0 saturated heterocycles. The van der Waals surface area contributed by atoms with Crippen molar-refractivity contribution in [2.75, 3.05) is 19.8 Å². The number of carbonyl (C=O) groups excluding carboxylic acids is 2. The molecule has 0 aromatic heterocycles. The van der Waals surface area contributed by atoms with Gasteiger partial charge in [0.15, 0.2) is 0 Å². The molecule has 0 aliphatic heterocycles. The van der Waals surface area contributed by atoms with Crippen LogP contribution < -0.4 is 0 Å². The molecule has 1 aliphatic rings. The van der Waals surface area contributed by atoms with E-state index in [4.69, 9.17) is 4.74 Å². The van der Waals surface area contributed by atoms with Crippen molar-refractivity contribution < 1.29 is 32.2 Å². The largest absolute Gasteiger partial charge is 0.465 e. The van der Waals surface area contributed by atoms with Gasteiger partial charge in [0.2, 0.25) is 0 Å². The molecule has 0 spiro atoms. The summed E-state index contributed by atoms with van der Waals surface area (Å²) in [5.74, 6) is -0.891. The van der Waals surface area contributed by atoms with E-state index in [1.54, 1.807) is 6.92 Å². The number of halogens is 3. The summed E-state index contributed by atoms with van der Waals surface area (Å²) in [5.41, 5.74) is -1.32. The first-order valence-electron chi connectivity index (χ1n) is 6.67. The van der Waals surface area contributed by atoms with Crippen LogP contribution in [-0.2, 0) is 19.1 Å². The van der Waals surface area contributed by atoms with Crippen LogP contribution in [0.2, 0.25) is 0 Å². The normalized spacial score (nSPS) is 23.7. The van der Waals surface area contributed by atoms with Gasteiger partial charge in [-0.05, 0) is 26.2 Å². The van der Waals surface area contributed by atoms with Gasteiger partial charge in [0.25, 0.3) is 0 Å². The van der Waals surface area contributed by atoms with E-state index in [9.17, 15) is 22.8 Å². The van der Waals surface area contributed by atoms with Gasteiger partial charge in [0, 0.05) is 13.0 Å². The Bertz CT molecular complexity index is 354. The Hall–Kier alpha value is -1.11. The first-order valence-corrected chi connectivity index (χ1v) is 6.67. The summed E-state index contributed by atoms with van der Waals surface area (Å²) in [4.78, 5) is 24.0. The fourth-order valence-corrected chi connectivity index (χ4v) is 2.38. The number of hydrogen-bond acceptors (Lipinski definition) is 4. The van der Waals surface area contributed by atoms with E-state index >= 15 is 0 Å². The quantitative estimate of drug-likeness (QED) is 0.429. The van der Waals surface area contributed by atoms with Gasteiger partial charge in [-0.15, -0.1) is 0 Å². The van der Waals surface area contributed by atoms with Crippen LogP contribution in [0.1, 0.15) is 39.0 Å². The van der Waals surface area contributed by atoms with Gasteiger partial charge in [-0.3, -0.25) is 9.59 Å². The van der Waals surface area contributed by atoms with Crippen molar-refractivity contribution in [3.63, 3.8) is 0 Å². The first-order chi connectivity index (χ1) is 9.32. The predicted octanol–water partition coefficient (Wildman–Crippen LogP) is 2.65. The lowest BCUT2D eigenvalue weighted by Crippen LogP contribution is -2.44. The molecule has 0 aromatic carbocycles. The molecule has 116 valence electrons. The maximum atomic E-state index is 12.0. The van der Waals surface area contributed by atoms with E-state index in [-0.39, 0.29) is 31.8 Å². The van der Waals surface area contributed by atoms with Gasteiger partial charge in [0.1, 0.15) is 17.8 Å². The van der Waals surface area contributed by atoms with E-state index in [1.165, 1.54) is 0 Å². The van der Waals surface area contributed by atoms with Crippen LogP contribution in [0.5, 0.6) is 0 Å². The molecule has 4 nitrogen and oxygen atoms in total. The Morgan fingerprint density at radius 2 is 2.05 bits per heavy atom. The third-order valence-electron chi connectivity index (χ3n) is 3.40. The number of Topliss-reactive ketones (excluding diaryl/α,β-unsaturated/α-hetero) is 1. The molecule has 0 bridgehead atoms. The first kappa shape index (κ1) is 16.9. The summed E-state index contributed by atoms with van der Waals surface area (Å²) in [6.07, 6.45) is -2.50. The molecule has 1 unspecified atom stereocenters. The minimum atomic E-state index is -4.41. The van der Waals surface area contributed by atoms with Gasteiger partial charge in [0.05, 0.1) is 6.61 Å². The lowest BCUT2D eigenvalue weighted by atomic mass is 9.71. The van der Waals surface area contributed by atoms with E-state index < -0.39 is 24.2 Å². The molecule has 1 rings (SSSR count). The standard InChI is InChI=1S/C13H19F3O4/c1-2-20-11(18)12(6-4-3-5-10(12)17)7-8-19-9-13(14,15)16/h2-9H2,1H3. The van der Waals surface area contributed by atoms with E-state index in [2.05, 4.69) is 4.74 Å². The topological polar surface area (TPSA) is 52.6 Å². The van der Waals surface area contributed by atoms with Crippen LogP contribution in [0.4, 0.5) is 13.2 Å². The molecule has 0 radical (unpaired) electrons. The summed E-state index contributed by atoms with van der Waals surface area (Å²) < 4.78 is 45.4. The van der Waals surface area contributed by atoms with Crippen molar-refractivity contribution in [2.45, 2.75) is 45.2 Å². The molecule has 0 heterocycles. The molecule has 7 heteroatoms. The Balaban J connectivity index is 2.64. The second-order valence-electron chi connectivity index (χ2n) is 4.85. The minimum Gasteiger partial charge on any atom is -0.465 e. The molecule has 0 aromatic rings. The smallest absolute Gasteiger partial charge is 0.411 e. The van der Waals surface area contributed by atoms with Crippen LogP contribution in [0, 0.1) is 5.41 Å². The van der Waals surface area contributed by atoms with Crippen LogP contribution in [0.3, 0.4) is 0 Å². The van der Waals surface area contributed by atoms with Gasteiger partial charge < -0.3 is 9.47 Å². The van der Waals surface area contributed by atoms with Gasteiger partial charge in [-0.25, -0.2) is 0 Å². The number of alkyl halides is 3. The average molecular weight is 296 g/mol. The van der Waals surface area contributed by atoms with Crippen LogP contribution >= 0.6 is 0 Å². The van der Waals surface area contributed by atoms with Crippen LogP contribution in [0.25, 0.3) is 0 Å². The van der Waals surface area contributed by atoms with Gasteiger partial charge in [-0.2, -0.15) is 13.2 Å².